The van der Waals surface area contributed by atoms with Gasteiger partial charge in [-0.1, -0.05) is 212 Å². The van der Waals surface area contributed by atoms with Crippen LogP contribution in [-0.2, 0) is 28.6 Å². The fourth-order valence-electron chi connectivity index (χ4n) is 5.74. The van der Waals surface area contributed by atoms with E-state index in [-0.39, 0.29) is 44.0 Å². The molecule has 0 aliphatic carbocycles. The second-order valence-corrected chi connectivity index (χ2v) is 15.1. The van der Waals surface area contributed by atoms with Crippen LogP contribution in [0, 0.1) is 0 Å². The molecule has 6 heteroatoms. The second kappa shape index (κ2) is 49.0. The number of unbranched alkanes of at least 4 members (excludes halogenated alkanes) is 12. The van der Waals surface area contributed by atoms with Gasteiger partial charge in [-0.25, -0.2) is 0 Å². The Morgan fingerprint density at radius 1 is 0.355 bits per heavy atom. The summed E-state index contributed by atoms with van der Waals surface area (Å²) in [7, 11) is 0. The fraction of sp³-hybridized carbons (Fsp3) is 0.518. The third-order valence-electron chi connectivity index (χ3n) is 9.26. The Morgan fingerprint density at radius 3 is 1.23 bits per heavy atom. The van der Waals surface area contributed by atoms with Gasteiger partial charge in [0.25, 0.3) is 0 Å². The molecule has 0 saturated carbocycles. The van der Waals surface area contributed by atoms with Crippen molar-refractivity contribution in [2.24, 2.45) is 0 Å². The standard InChI is InChI=1S/C56H84O6/c1-4-7-10-13-16-19-22-24-26-27-28-30-31-34-37-40-43-46-49-55(58)61-52-53(51-60-54(57)48-45-42-39-36-33-21-18-15-12-9-6-3)62-56(59)50-47-44-41-38-35-32-29-25-23-20-17-14-11-8-5-2/h8-14,16-30,36,39,53H,4-7,15,31-35,37-38,40-52H2,1-3H3/b11-8-,12-9-,13-10-,17-14-,19-16-,21-18-,23-20-,24-22-,27-26-,29-25-,30-28-,39-36-. The molecule has 0 N–H and O–H groups in total. The van der Waals surface area contributed by atoms with Gasteiger partial charge in [-0.2, -0.15) is 0 Å². The summed E-state index contributed by atoms with van der Waals surface area (Å²) in [6.45, 7) is 6.16. The average molecular weight is 853 g/mol. The van der Waals surface area contributed by atoms with Crippen LogP contribution in [0.4, 0.5) is 0 Å². The summed E-state index contributed by atoms with van der Waals surface area (Å²) >= 11 is 0. The summed E-state index contributed by atoms with van der Waals surface area (Å²) in [6, 6.07) is 0. The van der Waals surface area contributed by atoms with E-state index in [1.54, 1.807) is 0 Å². The SMILES string of the molecule is CC\C=C/C=C\C=C/C=C\CCCCCCCC(=O)OC(COC(=O)CCC/C=C\C/C=C\C/C=C\CC)COC(=O)CCCCCCC\C=C/C=C\C=C/C=C\C=C/CCC. The predicted octanol–water partition coefficient (Wildman–Crippen LogP) is 15.7. The van der Waals surface area contributed by atoms with Gasteiger partial charge < -0.3 is 14.2 Å². The van der Waals surface area contributed by atoms with Crippen LogP contribution in [0.5, 0.6) is 0 Å². The van der Waals surface area contributed by atoms with Crippen molar-refractivity contribution in [3.8, 4) is 0 Å². The van der Waals surface area contributed by atoms with Gasteiger partial charge in [0.2, 0.25) is 0 Å². The molecule has 0 spiro atoms. The van der Waals surface area contributed by atoms with E-state index < -0.39 is 6.10 Å². The molecular weight excluding hydrogens is 769 g/mol. The lowest BCUT2D eigenvalue weighted by Crippen LogP contribution is -2.30. The molecule has 0 bridgehead atoms. The molecule has 0 heterocycles. The molecule has 1 atom stereocenters. The van der Waals surface area contributed by atoms with E-state index in [2.05, 4.69) is 106 Å². The number of hydrogen-bond donors (Lipinski definition) is 0. The minimum atomic E-state index is -0.827. The normalized spacial score (nSPS) is 13.4. The zero-order chi connectivity index (χ0) is 45.1. The van der Waals surface area contributed by atoms with E-state index in [4.69, 9.17) is 14.2 Å². The highest BCUT2D eigenvalue weighted by molar-refractivity contribution is 5.71. The third kappa shape index (κ3) is 46.4. The quantitative estimate of drug-likeness (QED) is 0.0201. The van der Waals surface area contributed by atoms with Crippen molar-refractivity contribution < 1.29 is 28.6 Å². The molecule has 62 heavy (non-hydrogen) atoms. The number of carbonyl (C=O) groups excluding carboxylic acids is 3. The first-order chi connectivity index (χ1) is 30.5. The molecule has 0 aliphatic heterocycles. The van der Waals surface area contributed by atoms with Crippen LogP contribution in [0.1, 0.15) is 168 Å². The Kier molecular flexibility index (Phi) is 45.2. The minimum absolute atomic E-state index is 0.124. The smallest absolute Gasteiger partial charge is 0.306 e. The van der Waals surface area contributed by atoms with Gasteiger partial charge in [-0.3, -0.25) is 14.4 Å². The molecule has 0 aromatic rings. The van der Waals surface area contributed by atoms with Gasteiger partial charge in [0, 0.05) is 19.3 Å². The first-order valence-electron chi connectivity index (χ1n) is 24.0. The molecule has 0 aliphatic rings. The average Bonchev–Trinajstić information content (AvgIpc) is 3.27. The van der Waals surface area contributed by atoms with E-state index in [0.29, 0.717) is 12.8 Å². The number of allylic oxidation sites excluding steroid dienone is 24. The van der Waals surface area contributed by atoms with Crippen molar-refractivity contribution in [3.05, 3.63) is 146 Å². The Bertz CT molecular complexity index is 1440. The number of carbonyl (C=O) groups is 3. The highest BCUT2D eigenvalue weighted by Gasteiger charge is 2.19. The molecule has 1 unspecified atom stereocenters. The maximum Gasteiger partial charge on any atom is 0.306 e. The van der Waals surface area contributed by atoms with Gasteiger partial charge in [-0.15, -0.1) is 0 Å². The zero-order valence-corrected chi connectivity index (χ0v) is 39.1. The first kappa shape index (κ1) is 57.3. The number of ether oxygens (including phenoxy) is 3. The lowest BCUT2D eigenvalue weighted by Gasteiger charge is -2.18. The highest BCUT2D eigenvalue weighted by atomic mass is 16.6. The van der Waals surface area contributed by atoms with Crippen LogP contribution in [0.3, 0.4) is 0 Å². The second-order valence-electron chi connectivity index (χ2n) is 15.1. The van der Waals surface area contributed by atoms with Crippen LogP contribution in [0.2, 0.25) is 0 Å². The van der Waals surface area contributed by atoms with Crippen molar-refractivity contribution in [2.75, 3.05) is 13.2 Å². The Morgan fingerprint density at radius 2 is 0.726 bits per heavy atom. The molecular formula is C56H84O6. The monoisotopic (exact) mass is 853 g/mol. The predicted molar refractivity (Wildman–Crippen MR) is 265 cm³/mol. The minimum Gasteiger partial charge on any atom is -0.462 e. The largest absolute Gasteiger partial charge is 0.462 e. The van der Waals surface area contributed by atoms with E-state index in [1.807, 2.05) is 60.8 Å². The van der Waals surface area contributed by atoms with Gasteiger partial charge in [-0.05, 0) is 83.5 Å². The van der Waals surface area contributed by atoms with Crippen molar-refractivity contribution in [2.45, 2.75) is 175 Å². The molecule has 0 rings (SSSR count). The summed E-state index contributed by atoms with van der Waals surface area (Å²) in [5, 5.41) is 0. The van der Waals surface area contributed by atoms with Crippen LogP contribution < -0.4 is 0 Å². The highest BCUT2D eigenvalue weighted by Crippen LogP contribution is 2.12. The van der Waals surface area contributed by atoms with Crippen LogP contribution in [0.25, 0.3) is 0 Å². The topological polar surface area (TPSA) is 78.9 Å². The summed E-state index contributed by atoms with van der Waals surface area (Å²) in [4.78, 5) is 37.8. The molecule has 0 radical (unpaired) electrons. The molecule has 0 saturated heterocycles. The number of rotatable bonds is 40. The summed E-state index contributed by atoms with van der Waals surface area (Å²) < 4.78 is 16.7. The molecule has 0 aromatic heterocycles. The Labute approximate surface area is 378 Å². The van der Waals surface area contributed by atoms with Crippen LogP contribution >= 0.6 is 0 Å². The van der Waals surface area contributed by atoms with Crippen molar-refractivity contribution >= 4 is 17.9 Å². The molecule has 0 fully saturated rings. The maximum atomic E-state index is 12.8. The molecule has 6 nitrogen and oxygen atoms in total. The summed E-state index contributed by atoms with van der Waals surface area (Å²) in [5.41, 5.74) is 0. The van der Waals surface area contributed by atoms with E-state index >= 15 is 0 Å². The molecule has 0 aromatic carbocycles. The van der Waals surface area contributed by atoms with Crippen LogP contribution in [0.15, 0.2) is 146 Å². The van der Waals surface area contributed by atoms with E-state index in [9.17, 15) is 14.4 Å². The first-order valence-corrected chi connectivity index (χ1v) is 24.0. The van der Waals surface area contributed by atoms with E-state index in [0.717, 1.165) is 116 Å². The van der Waals surface area contributed by atoms with Gasteiger partial charge in [0.15, 0.2) is 6.10 Å². The van der Waals surface area contributed by atoms with Crippen molar-refractivity contribution in [1.82, 2.24) is 0 Å². The Hall–Kier alpha value is -4.71. The third-order valence-corrected chi connectivity index (χ3v) is 9.26. The lowest BCUT2D eigenvalue weighted by molar-refractivity contribution is -0.167. The van der Waals surface area contributed by atoms with Crippen molar-refractivity contribution in [1.29, 1.82) is 0 Å². The fourth-order valence-corrected chi connectivity index (χ4v) is 5.74. The summed E-state index contributed by atoms with van der Waals surface area (Å²) in [5.74, 6) is -1.04. The molecule has 0 amide bonds. The molecule has 344 valence electrons. The Balaban J connectivity index is 4.56. The van der Waals surface area contributed by atoms with Gasteiger partial charge >= 0.3 is 17.9 Å². The number of hydrogen-bond acceptors (Lipinski definition) is 6. The van der Waals surface area contributed by atoms with Crippen LogP contribution in [-0.4, -0.2) is 37.2 Å². The van der Waals surface area contributed by atoms with Crippen molar-refractivity contribution in [3.63, 3.8) is 0 Å². The zero-order valence-electron chi connectivity index (χ0n) is 39.1. The lowest BCUT2D eigenvalue weighted by atomic mass is 10.1. The maximum absolute atomic E-state index is 12.8. The van der Waals surface area contributed by atoms with Gasteiger partial charge in [0.05, 0.1) is 0 Å². The van der Waals surface area contributed by atoms with E-state index in [1.165, 1.54) is 6.42 Å². The number of esters is 3. The van der Waals surface area contributed by atoms with Gasteiger partial charge in [0.1, 0.15) is 13.2 Å². The summed E-state index contributed by atoms with van der Waals surface area (Å²) in [6.07, 6.45) is 69.7.